The van der Waals surface area contributed by atoms with Gasteiger partial charge in [-0.2, -0.15) is 5.10 Å². The Balaban J connectivity index is 1.63. The molecule has 33 heavy (non-hydrogen) atoms. The van der Waals surface area contributed by atoms with E-state index in [1.165, 1.54) is 12.3 Å². The van der Waals surface area contributed by atoms with Crippen molar-refractivity contribution in [3.8, 4) is 5.75 Å². The van der Waals surface area contributed by atoms with Gasteiger partial charge in [-0.15, -0.1) is 0 Å². The van der Waals surface area contributed by atoms with Gasteiger partial charge in [-0.05, 0) is 68.4 Å². The second kappa shape index (κ2) is 10.1. The van der Waals surface area contributed by atoms with Gasteiger partial charge >= 0.3 is 5.97 Å². The van der Waals surface area contributed by atoms with Crippen LogP contribution in [0.1, 0.15) is 45.7 Å². The Morgan fingerprint density at radius 3 is 2.12 bits per heavy atom. The Morgan fingerprint density at radius 1 is 0.939 bits per heavy atom. The third-order valence-corrected chi connectivity index (χ3v) is 4.96. The lowest BCUT2D eigenvalue weighted by atomic mass is 10.0. The molecular weight excluding hydrogens is 444 g/mol. The number of aromatic carboxylic acids is 1. The lowest BCUT2D eigenvalue weighted by Gasteiger charge is -2.24. The van der Waals surface area contributed by atoms with Gasteiger partial charge in [0.25, 0.3) is 5.91 Å². The van der Waals surface area contributed by atoms with E-state index in [0.29, 0.717) is 27.5 Å². The van der Waals surface area contributed by atoms with Crippen LogP contribution in [0, 0.1) is 0 Å². The minimum Gasteiger partial charge on any atom is -0.478 e. The number of halogens is 1. The molecule has 3 aromatic carbocycles. The number of carbonyl (C=O) groups is 3. The summed E-state index contributed by atoms with van der Waals surface area (Å²) < 4.78 is 5.78. The van der Waals surface area contributed by atoms with Crippen molar-refractivity contribution < 1.29 is 24.2 Å². The second-order valence-corrected chi connectivity index (χ2v) is 8.00. The first kappa shape index (κ1) is 23.7. The summed E-state index contributed by atoms with van der Waals surface area (Å²) in [6.07, 6.45) is 1.26. The van der Waals surface area contributed by atoms with Crippen molar-refractivity contribution in [1.82, 2.24) is 5.43 Å². The average Bonchev–Trinajstić information content (AvgIpc) is 2.79. The van der Waals surface area contributed by atoms with Crippen molar-refractivity contribution in [2.45, 2.75) is 19.4 Å². The molecule has 7 nitrogen and oxygen atoms in total. The van der Waals surface area contributed by atoms with Crippen molar-refractivity contribution in [2.75, 3.05) is 0 Å². The molecule has 0 unspecified atom stereocenters. The average molecular weight is 465 g/mol. The Kier molecular flexibility index (Phi) is 7.25. The molecule has 1 amide bonds. The maximum Gasteiger partial charge on any atom is 0.336 e. The van der Waals surface area contributed by atoms with Gasteiger partial charge in [-0.25, -0.2) is 10.2 Å². The SMILES string of the molecule is CC(C)(Oc1ccc(C(=O)c2ccc(Cl)cc2)cc1)C(=O)N/N=C/c1ccccc1C(=O)O. The summed E-state index contributed by atoms with van der Waals surface area (Å²) in [4.78, 5) is 36.3. The summed E-state index contributed by atoms with van der Waals surface area (Å²) in [6.45, 7) is 3.13. The topological polar surface area (TPSA) is 105 Å². The molecule has 0 aliphatic heterocycles. The molecule has 0 heterocycles. The highest BCUT2D eigenvalue weighted by atomic mass is 35.5. The van der Waals surface area contributed by atoms with Gasteiger partial charge in [0.15, 0.2) is 11.4 Å². The van der Waals surface area contributed by atoms with E-state index in [4.69, 9.17) is 16.3 Å². The highest BCUT2D eigenvalue weighted by molar-refractivity contribution is 6.30. The summed E-state index contributed by atoms with van der Waals surface area (Å²) >= 11 is 5.86. The van der Waals surface area contributed by atoms with E-state index in [0.717, 1.165) is 0 Å². The molecule has 0 aliphatic rings. The number of nitrogens with one attached hydrogen (secondary N) is 1. The first-order valence-electron chi connectivity index (χ1n) is 9.92. The monoisotopic (exact) mass is 464 g/mol. The van der Waals surface area contributed by atoms with E-state index >= 15 is 0 Å². The molecule has 0 aliphatic carbocycles. The molecular formula is C25H21ClN2O5. The predicted molar refractivity (Wildman–Crippen MR) is 125 cm³/mol. The normalized spacial score (nSPS) is 11.2. The fourth-order valence-corrected chi connectivity index (χ4v) is 3.01. The van der Waals surface area contributed by atoms with Crippen molar-refractivity contribution >= 4 is 35.5 Å². The Bertz CT molecular complexity index is 1200. The van der Waals surface area contributed by atoms with Gasteiger partial charge in [-0.1, -0.05) is 29.8 Å². The van der Waals surface area contributed by atoms with Gasteiger partial charge < -0.3 is 9.84 Å². The fourth-order valence-electron chi connectivity index (χ4n) is 2.88. The Morgan fingerprint density at radius 2 is 1.52 bits per heavy atom. The standard InChI is InChI=1S/C25H21ClN2O5/c1-25(2,24(32)28-27-15-18-5-3-4-6-21(18)23(30)31)33-20-13-9-17(10-14-20)22(29)16-7-11-19(26)12-8-16/h3-15H,1-2H3,(H,28,32)(H,30,31)/b27-15+. The molecule has 0 atom stereocenters. The Labute approximate surface area is 195 Å². The summed E-state index contributed by atoms with van der Waals surface area (Å²) in [6, 6.07) is 19.3. The van der Waals surface area contributed by atoms with E-state index in [2.05, 4.69) is 10.5 Å². The van der Waals surface area contributed by atoms with Gasteiger partial charge in [0.1, 0.15) is 5.75 Å². The van der Waals surface area contributed by atoms with Gasteiger partial charge in [-0.3, -0.25) is 9.59 Å². The molecule has 0 bridgehead atoms. The molecule has 0 saturated carbocycles. The van der Waals surface area contributed by atoms with Crippen LogP contribution in [0.15, 0.2) is 77.9 Å². The zero-order valence-electron chi connectivity index (χ0n) is 17.9. The molecule has 0 aromatic heterocycles. The largest absolute Gasteiger partial charge is 0.478 e. The van der Waals surface area contributed by atoms with Gasteiger partial charge in [0.05, 0.1) is 11.8 Å². The number of nitrogens with zero attached hydrogens (tertiary/aromatic N) is 1. The summed E-state index contributed by atoms with van der Waals surface area (Å²) in [5.41, 5.74) is 2.47. The number of rotatable bonds is 8. The Hall–Kier alpha value is -3.97. The van der Waals surface area contributed by atoms with Gasteiger partial charge in [0.2, 0.25) is 0 Å². The number of hydrogen-bond acceptors (Lipinski definition) is 5. The van der Waals surface area contributed by atoms with Crippen LogP contribution in [0.25, 0.3) is 0 Å². The van der Waals surface area contributed by atoms with Crippen LogP contribution in [0.5, 0.6) is 5.75 Å². The molecule has 0 fully saturated rings. The minimum atomic E-state index is -1.29. The number of benzene rings is 3. The highest BCUT2D eigenvalue weighted by Crippen LogP contribution is 2.21. The van der Waals surface area contributed by atoms with E-state index in [9.17, 15) is 19.5 Å². The van der Waals surface area contributed by atoms with Crippen LogP contribution in [0.4, 0.5) is 0 Å². The lowest BCUT2D eigenvalue weighted by Crippen LogP contribution is -2.44. The van der Waals surface area contributed by atoms with Crippen LogP contribution < -0.4 is 10.2 Å². The molecule has 0 radical (unpaired) electrons. The minimum absolute atomic E-state index is 0.0687. The van der Waals surface area contributed by atoms with Crippen LogP contribution in [-0.4, -0.2) is 34.6 Å². The number of carboxylic acid groups (broad SMARTS) is 1. The van der Waals surface area contributed by atoms with Gasteiger partial charge in [0, 0.05) is 21.7 Å². The van der Waals surface area contributed by atoms with E-state index in [1.54, 1.807) is 80.6 Å². The third-order valence-electron chi connectivity index (χ3n) is 4.70. The highest BCUT2D eigenvalue weighted by Gasteiger charge is 2.30. The molecule has 0 saturated heterocycles. The molecule has 2 N–H and O–H groups in total. The van der Waals surface area contributed by atoms with E-state index < -0.39 is 17.5 Å². The van der Waals surface area contributed by atoms with Crippen LogP contribution in [-0.2, 0) is 4.79 Å². The molecule has 3 aromatic rings. The van der Waals surface area contributed by atoms with Crippen LogP contribution in [0.3, 0.4) is 0 Å². The maximum atomic E-state index is 12.6. The number of hydrazone groups is 1. The lowest BCUT2D eigenvalue weighted by molar-refractivity contribution is -0.134. The number of hydrogen-bond donors (Lipinski definition) is 2. The van der Waals surface area contributed by atoms with Crippen molar-refractivity contribution in [1.29, 1.82) is 0 Å². The number of carbonyl (C=O) groups excluding carboxylic acids is 2. The zero-order chi connectivity index (χ0) is 24.0. The van der Waals surface area contributed by atoms with Crippen LogP contribution in [0.2, 0.25) is 5.02 Å². The smallest absolute Gasteiger partial charge is 0.336 e. The fraction of sp³-hybridized carbons (Fsp3) is 0.120. The number of carboxylic acids is 1. The second-order valence-electron chi connectivity index (χ2n) is 7.56. The summed E-state index contributed by atoms with van der Waals surface area (Å²) in [5.74, 6) is -1.40. The van der Waals surface area contributed by atoms with Crippen molar-refractivity contribution in [3.05, 3.63) is 100 Å². The van der Waals surface area contributed by atoms with E-state index in [-0.39, 0.29) is 11.3 Å². The first-order chi connectivity index (χ1) is 15.7. The number of amides is 1. The van der Waals surface area contributed by atoms with Crippen molar-refractivity contribution in [3.63, 3.8) is 0 Å². The summed E-state index contributed by atoms with van der Waals surface area (Å²) in [5, 5.41) is 13.6. The number of ether oxygens (including phenoxy) is 1. The first-order valence-corrected chi connectivity index (χ1v) is 10.3. The maximum absolute atomic E-state index is 12.6. The molecule has 168 valence electrons. The van der Waals surface area contributed by atoms with Crippen LogP contribution >= 0.6 is 11.6 Å². The molecule has 0 spiro atoms. The van der Waals surface area contributed by atoms with Crippen molar-refractivity contribution in [2.24, 2.45) is 5.10 Å². The molecule has 3 rings (SSSR count). The third kappa shape index (κ3) is 6.05. The zero-order valence-corrected chi connectivity index (χ0v) is 18.7. The quantitative estimate of drug-likeness (QED) is 0.288. The number of ketones is 1. The summed E-state index contributed by atoms with van der Waals surface area (Å²) in [7, 11) is 0. The van der Waals surface area contributed by atoms with E-state index in [1.807, 2.05) is 0 Å². The molecule has 8 heteroatoms. The predicted octanol–water partition coefficient (Wildman–Crippen LogP) is 4.58.